The molecule has 8 nitrogen and oxygen atoms in total. The van der Waals surface area contributed by atoms with Gasteiger partial charge in [-0.05, 0) is 4.92 Å². The Morgan fingerprint density at radius 1 is 1.59 bits per heavy atom. The largest absolute Gasteiger partial charge is 0.436 e. The van der Waals surface area contributed by atoms with E-state index in [1.54, 1.807) is 0 Å². The Bertz CT molecular complexity index is 425. The lowest BCUT2D eigenvalue weighted by Gasteiger charge is -2.13. The molecule has 1 fully saturated rings. The predicted octanol–water partition coefficient (Wildman–Crippen LogP) is -0.155. The fourth-order valence-corrected chi connectivity index (χ4v) is 2.46. The molecule has 0 unspecified atom stereocenters. The standard InChI is InChI=1S/C8H10IN3O5/c9-3-4-5(13)6(14)7(17-4)11-2-1-10-8(11)12(15)16/h1-2,4-7,13-14H,3H2/t4-,5-,6+,7-/m1/s1. The zero-order valence-electron chi connectivity index (χ0n) is 8.51. The molecule has 0 amide bonds. The normalized spacial score (nSPS) is 32.9. The number of rotatable bonds is 3. The molecule has 1 aromatic heterocycles. The summed E-state index contributed by atoms with van der Waals surface area (Å²) in [5.74, 6) is -0.421. The highest BCUT2D eigenvalue weighted by Gasteiger charge is 2.46. The summed E-state index contributed by atoms with van der Waals surface area (Å²) in [4.78, 5) is 13.6. The fourth-order valence-electron chi connectivity index (χ4n) is 1.73. The number of alkyl halides is 1. The van der Waals surface area contributed by atoms with Crippen molar-refractivity contribution in [3.63, 3.8) is 0 Å². The van der Waals surface area contributed by atoms with Crippen molar-refractivity contribution < 1.29 is 19.9 Å². The van der Waals surface area contributed by atoms with E-state index in [0.717, 1.165) is 4.57 Å². The van der Waals surface area contributed by atoms with Gasteiger partial charge in [-0.2, -0.15) is 4.57 Å². The van der Waals surface area contributed by atoms with E-state index < -0.39 is 35.4 Å². The van der Waals surface area contributed by atoms with Crippen molar-refractivity contribution in [2.24, 2.45) is 0 Å². The highest BCUT2D eigenvalue weighted by atomic mass is 127. The van der Waals surface area contributed by atoms with Crippen LogP contribution in [0.2, 0.25) is 0 Å². The second-order valence-corrected chi connectivity index (χ2v) is 4.47. The number of nitro groups is 1. The van der Waals surface area contributed by atoms with Crippen molar-refractivity contribution in [1.82, 2.24) is 9.55 Å². The maximum atomic E-state index is 10.7. The fraction of sp³-hybridized carbons (Fsp3) is 0.625. The SMILES string of the molecule is O=[N+]([O-])c1nccn1[C@@H]1O[C@H](CI)[C@@H](O)[C@@H]1O. The van der Waals surface area contributed by atoms with E-state index in [9.17, 15) is 20.3 Å². The summed E-state index contributed by atoms with van der Waals surface area (Å²) < 4.78 is 6.97. The van der Waals surface area contributed by atoms with Crippen LogP contribution in [0, 0.1) is 10.1 Å². The van der Waals surface area contributed by atoms with Crippen molar-refractivity contribution in [2.75, 3.05) is 4.43 Å². The quantitative estimate of drug-likeness (QED) is 0.338. The maximum absolute atomic E-state index is 10.7. The molecule has 2 heterocycles. The van der Waals surface area contributed by atoms with Gasteiger partial charge in [0.2, 0.25) is 6.23 Å². The van der Waals surface area contributed by atoms with Gasteiger partial charge in [-0.1, -0.05) is 27.6 Å². The van der Waals surface area contributed by atoms with Gasteiger partial charge >= 0.3 is 5.95 Å². The molecule has 1 aliphatic heterocycles. The summed E-state index contributed by atoms with van der Waals surface area (Å²) in [5.41, 5.74) is 0. The molecule has 0 saturated carbocycles. The first-order chi connectivity index (χ1) is 8.06. The van der Waals surface area contributed by atoms with E-state index in [-0.39, 0.29) is 0 Å². The molecule has 4 atom stereocenters. The first-order valence-corrected chi connectivity index (χ1v) is 6.33. The van der Waals surface area contributed by atoms with Crippen LogP contribution < -0.4 is 0 Å². The van der Waals surface area contributed by atoms with E-state index >= 15 is 0 Å². The molecule has 0 aromatic carbocycles. The van der Waals surface area contributed by atoms with Gasteiger partial charge in [0, 0.05) is 4.43 Å². The smallest absolute Gasteiger partial charge is 0.390 e. The van der Waals surface area contributed by atoms with Gasteiger partial charge in [0.15, 0.2) is 0 Å². The minimum absolute atomic E-state index is 0.421. The Labute approximate surface area is 110 Å². The molecule has 0 bridgehead atoms. The molecule has 1 saturated heterocycles. The van der Waals surface area contributed by atoms with Crippen LogP contribution in [0.15, 0.2) is 12.4 Å². The third-order valence-electron chi connectivity index (χ3n) is 2.57. The van der Waals surface area contributed by atoms with Crippen LogP contribution in [0.4, 0.5) is 5.95 Å². The molecule has 17 heavy (non-hydrogen) atoms. The molecule has 9 heteroatoms. The highest BCUT2D eigenvalue weighted by molar-refractivity contribution is 14.1. The summed E-state index contributed by atoms with van der Waals surface area (Å²) in [6, 6.07) is 0. The Hall–Kier alpha value is -0.780. The van der Waals surface area contributed by atoms with Crippen LogP contribution in [0.3, 0.4) is 0 Å². The monoisotopic (exact) mass is 355 g/mol. The molecule has 1 aliphatic rings. The van der Waals surface area contributed by atoms with E-state index in [0.29, 0.717) is 4.43 Å². The average molecular weight is 355 g/mol. The van der Waals surface area contributed by atoms with Crippen molar-refractivity contribution in [3.8, 4) is 0 Å². The van der Waals surface area contributed by atoms with Crippen LogP contribution in [0.1, 0.15) is 6.23 Å². The number of hydrogen-bond acceptors (Lipinski definition) is 6. The van der Waals surface area contributed by atoms with Crippen molar-refractivity contribution in [1.29, 1.82) is 0 Å². The summed E-state index contributed by atoms with van der Waals surface area (Å²) in [6.45, 7) is 0. The van der Waals surface area contributed by atoms with Gasteiger partial charge in [0.25, 0.3) is 0 Å². The first kappa shape index (κ1) is 12.7. The Kier molecular flexibility index (Phi) is 3.61. The summed E-state index contributed by atoms with van der Waals surface area (Å²) in [6.07, 6.45) is -1.20. The topological polar surface area (TPSA) is 111 Å². The molecule has 2 rings (SSSR count). The average Bonchev–Trinajstić information content (AvgIpc) is 2.86. The lowest BCUT2D eigenvalue weighted by molar-refractivity contribution is -0.398. The van der Waals surface area contributed by atoms with E-state index in [1.807, 2.05) is 22.6 Å². The number of aliphatic hydroxyl groups excluding tert-OH is 2. The number of hydrogen-bond donors (Lipinski definition) is 2. The van der Waals surface area contributed by atoms with E-state index in [4.69, 9.17) is 4.74 Å². The van der Waals surface area contributed by atoms with Crippen molar-refractivity contribution in [2.45, 2.75) is 24.5 Å². The molecule has 1 aromatic rings. The predicted molar refractivity (Wildman–Crippen MR) is 63.7 cm³/mol. The van der Waals surface area contributed by atoms with Gasteiger partial charge in [-0.3, -0.25) is 0 Å². The Morgan fingerprint density at radius 3 is 2.82 bits per heavy atom. The summed E-state index contributed by atoms with van der Waals surface area (Å²) in [5, 5.41) is 30.2. The third-order valence-corrected chi connectivity index (χ3v) is 3.44. The highest BCUT2D eigenvalue weighted by Crippen LogP contribution is 2.32. The van der Waals surface area contributed by atoms with Crippen LogP contribution in [-0.4, -0.2) is 47.4 Å². The second kappa shape index (κ2) is 4.84. The van der Waals surface area contributed by atoms with Gasteiger partial charge in [-0.25, -0.2) is 0 Å². The van der Waals surface area contributed by atoms with Crippen molar-refractivity contribution in [3.05, 3.63) is 22.5 Å². The Morgan fingerprint density at radius 2 is 2.29 bits per heavy atom. The summed E-state index contributed by atoms with van der Waals surface area (Å²) in [7, 11) is 0. The number of aliphatic hydroxyl groups is 2. The van der Waals surface area contributed by atoms with Gasteiger partial charge < -0.3 is 25.1 Å². The molecule has 0 radical (unpaired) electrons. The molecule has 0 spiro atoms. The van der Waals surface area contributed by atoms with Crippen molar-refractivity contribution >= 4 is 28.5 Å². The lowest BCUT2D eigenvalue weighted by Crippen LogP contribution is -2.32. The molecule has 94 valence electrons. The maximum Gasteiger partial charge on any atom is 0.436 e. The van der Waals surface area contributed by atoms with Crippen LogP contribution in [-0.2, 0) is 4.74 Å². The number of nitrogens with zero attached hydrogens (tertiary/aromatic N) is 3. The summed E-state index contributed by atoms with van der Waals surface area (Å²) >= 11 is 2.01. The third kappa shape index (κ3) is 2.14. The van der Waals surface area contributed by atoms with Crippen LogP contribution >= 0.6 is 22.6 Å². The number of imidazole rings is 1. The number of ether oxygens (including phenoxy) is 1. The number of aromatic nitrogens is 2. The molecule has 0 aliphatic carbocycles. The molecule has 2 N–H and O–H groups in total. The molecular formula is C8H10IN3O5. The van der Waals surface area contributed by atoms with E-state index in [2.05, 4.69) is 4.98 Å². The van der Waals surface area contributed by atoms with Gasteiger partial charge in [0.05, 0.1) is 6.10 Å². The molecular weight excluding hydrogens is 345 g/mol. The lowest BCUT2D eigenvalue weighted by atomic mass is 10.1. The number of halogens is 1. The van der Waals surface area contributed by atoms with Crippen LogP contribution in [0.25, 0.3) is 0 Å². The minimum atomic E-state index is -1.21. The zero-order chi connectivity index (χ0) is 12.6. The van der Waals surface area contributed by atoms with Crippen LogP contribution in [0.5, 0.6) is 0 Å². The minimum Gasteiger partial charge on any atom is -0.390 e. The Balaban J connectivity index is 2.29. The van der Waals surface area contributed by atoms with Gasteiger partial charge in [-0.15, -0.1) is 0 Å². The first-order valence-electron chi connectivity index (χ1n) is 4.81. The van der Waals surface area contributed by atoms with Gasteiger partial charge in [0.1, 0.15) is 24.6 Å². The van der Waals surface area contributed by atoms with E-state index in [1.165, 1.54) is 12.4 Å². The zero-order valence-corrected chi connectivity index (χ0v) is 10.7. The second-order valence-electron chi connectivity index (χ2n) is 3.59.